The summed E-state index contributed by atoms with van der Waals surface area (Å²) in [6.45, 7) is 0. The monoisotopic (exact) mass is 241 g/mol. The maximum absolute atomic E-state index is 5.71. The molecule has 1 saturated heterocycles. The van der Waals surface area contributed by atoms with Crippen LogP contribution in [0.1, 0.15) is 18.0 Å². The summed E-state index contributed by atoms with van der Waals surface area (Å²) in [6, 6.07) is 8.62. The molecule has 3 nitrogen and oxygen atoms in total. The average molecular weight is 242 g/mol. The Labute approximate surface area is 85.8 Å². The number of benzene rings is 1. The van der Waals surface area contributed by atoms with Gasteiger partial charge in [0.1, 0.15) is 0 Å². The predicted molar refractivity (Wildman–Crippen MR) is 55.7 cm³/mol. The Morgan fingerprint density at radius 2 is 1.92 bits per heavy atom. The maximum Gasteiger partial charge on any atom is 0.0698 e. The molecular formula is C9H12BrN3. The second-order valence-electron chi connectivity index (χ2n) is 3.24. The number of hydrogen-bond donors (Lipinski definition) is 3. The van der Waals surface area contributed by atoms with E-state index in [0.717, 1.165) is 10.9 Å². The molecule has 0 amide bonds. The molecule has 2 unspecified atom stereocenters. The summed E-state index contributed by atoms with van der Waals surface area (Å²) in [5.74, 6) is 0. The van der Waals surface area contributed by atoms with Crippen LogP contribution in [0, 0.1) is 0 Å². The van der Waals surface area contributed by atoms with Gasteiger partial charge in [-0.25, -0.2) is 10.9 Å². The van der Waals surface area contributed by atoms with Gasteiger partial charge in [-0.3, -0.25) is 0 Å². The molecule has 0 aliphatic carbocycles. The highest BCUT2D eigenvalue weighted by Crippen LogP contribution is 2.21. The number of hydrazine groups is 1. The van der Waals surface area contributed by atoms with Gasteiger partial charge in [0.05, 0.1) is 6.17 Å². The third-order valence-electron chi connectivity index (χ3n) is 2.20. The lowest BCUT2D eigenvalue weighted by Gasteiger charge is -2.08. The van der Waals surface area contributed by atoms with Crippen LogP contribution in [-0.4, -0.2) is 6.17 Å². The third kappa shape index (κ3) is 2.08. The lowest BCUT2D eigenvalue weighted by molar-refractivity contribution is 0.551. The SMILES string of the molecule is NC1CC(c2ccc(Br)cc2)NN1. The molecular weight excluding hydrogens is 230 g/mol. The summed E-state index contributed by atoms with van der Waals surface area (Å²) >= 11 is 3.41. The number of nitrogens with one attached hydrogen (secondary N) is 2. The first kappa shape index (κ1) is 9.15. The molecule has 4 heteroatoms. The summed E-state index contributed by atoms with van der Waals surface area (Å²) in [5, 5.41) is 0. The Balaban J connectivity index is 2.13. The lowest BCUT2D eigenvalue weighted by Crippen LogP contribution is -2.36. The van der Waals surface area contributed by atoms with Crippen LogP contribution in [-0.2, 0) is 0 Å². The quantitative estimate of drug-likeness (QED) is 0.695. The Kier molecular flexibility index (Phi) is 2.64. The smallest absolute Gasteiger partial charge is 0.0698 e. The van der Waals surface area contributed by atoms with E-state index in [4.69, 9.17) is 5.73 Å². The Bertz CT molecular complexity index is 285. The average Bonchev–Trinajstić information content (AvgIpc) is 2.53. The summed E-state index contributed by atoms with van der Waals surface area (Å²) in [6.07, 6.45) is 0.996. The number of halogens is 1. The molecule has 70 valence electrons. The van der Waals surface area contributed by atoms with Gasteiger partial charge in [0.15, 0.2) is 0 Å². The minimum absolute atomic E-state index is 0.0636. The first-order chi connectivity index (χ1) is 6.25. The second-order valence-corrected chi connectivity index (χ2v) is 4.15. The fourth-order valence-corrected chi connectivity index (χ4v) is 1.76. The van der Waals surface area contributed by atoms with E-state index in [-0.39, 0.29) is 6.17 Å². The van der Waals surface area contributed by atoms with Gasteiger partial charge in [-0.2, -0.15) is 0 Å². The molecule has 0 radical (unpaired) electrons. The number of nitrogens with two attached hydrogens (primary N) is 1. The highest BCUT2D eigenvalue weighted by atomic mass is 79.9. The molecule has 0 aromatic heterocycles. The highest BCUT2D eigenvalue weighted by molar-refractivity contribution is 9.10. The van der Waals surface area contributed by atoms with Crippen molar-refractivity contribution < 1.29 is 0 Å². The molecule has 0 spiro atoms. The predicted octanol–water partition coefficient (Wildman–Crippen LogP) is 1.27. The first-order valence-corrected chi connectivity index (χ1v) is 5.07. The zero-order chi connectivity index (χ0) is 9.26. The van der Waals surface area contributed by atoms with Gasteiger partial charge in [-0.05, 0) is 24.1 Å². The standard InChI is InChI=1S/C9H12BrN3/c10-7-3-1-6(2-4-7)8-5-9(11)13-12-8/h1-4,8-9,12-13H,5,11H2. The van der Waals surface area contributed by atoms with Crippen molar-refractivity contribution in [1.29, 1.82) is 0 Å². The van der Waals surface area contributed by atoms with E-state index < -0.39 is 0 Å². The molecule has 4 N–H and O–H groups in total. The van der Waals surface area contributed by atoms with Crippen molar-refractivity contribution in [2.75, 3.05) is 0 Å². The van der Waals surface area contributed by atoms with Gasteiger partial charge >= 0.3 is 0 Å². The van der Waals surface area contributed by atoms with E-state index >= 15 is 0 Å². The van der Waals surface area contributed by atoms with Crippen molar-refractivity contribution in [3.63, 3.8) is 0 Å². The zero-order valence-corrected chi connectivity index (χ0v) is 8.71. The second kappa shape index (κ2) is 3.75. The first-order valence-electron chi connectivity index (χ1n) is 4.28. The summed E-state index contributed by atoms with van der Waals surface area (Å²) in [5.41, 5.74) is 13.1. The molecule has 13 heavy (non-hydrogen) atoms. The van der Waals surface area contributed by atoms with Crippen molar-refractivity contribution >= 4 is 15.9 Å². The van der Waals surface area contributed by atoms with Gasteiger partial charge in [0, 0.05) is 10.5 Å². The minimum Gasteiger partial charge on any atom is -0.315 e. The van der Waals surface area contributed by atoms with Crippen LogP contribution in [0.2, 0.25) is 0 Å². The van der Waals surface area contributed by atoms with E-state index in [0.29, 0.717) is 6.04 Å². The van der Waals surface area contributed by atoms with Crippen LogP contribution in [0.25, 0.3) is 0 Å². The van der Waals surface area contributed by atoms with Crippen LogP contribution >= 0.6 is 15.9 Å². The topological polar surface area (TPSA) is 50.1 Å². The van der Waals surface area contributed by atoms with Gasteiger partial charge in [-0.15, -0.1) is 0 Å². The van der Waals surface area contributed by atoms with E-state index in [2.05, 4.69) is 38.9 Å². The molecule has 1 fully saturated rings. The molecule has 2 atom stereocenters. The lowest BCUT2D eigenvalue weighted by atomic mass is 10.1. The van der Waals surface area contributed by atoms with Crippen LogP contribution in [0.5, 0.6) is 0 Å². The normalized spacial score (nSPS) is 27.8. The molecule has 1 aliphatic rings. The molecule has 2 rings (SSSR count). The highest BCUT2D eigenvalue weighted by Gasteiger charge is 2.21. The molecule has 1 aromatic rings. The molecule has 1 aromatic carbocycles. The van der Waals surface area contributed by atoms with Crippen LogP contribution < -0.4 is 16.6 Å². The third-order valence-corrected chi connectivity index (χ3v) is 2.73. The van der Waals surface area contributed by atoms with Crippen molar-refractivity contribution in [3.05, 3.63) is 34.3 Å². The van der Waals surface area contributed by atoms with Gasteiger partial charge in [0.25, 0.3) is 0 Å². The summed E-state index contributed by atoms with van der Waals surface area (Å²) in [4.78, 5) is 0. The Morgan fingerprint density at radius 3 is 2.46 bits per heavy atom. The van der Waals surface area contributed by atoms with Gasteiger partial charge < -0.3 is 5.73 Å². The molecule has 1 heterocycles. The van der Waals surface area contributed by atoms with E-state index in [9.17, 15) is 0 Å². The van der Waals surface area contributed by atoms with Gasteiger partial charge in [-0.1, -0.05) is 28.1 Å². The Morgan fingerprint density at radius 1 is 1.23 bits per heavy atom. The van der Waals surface area contributed by atoms with Crippen molar-refractivity contribution in [2.24, 2.45) is 5.73 Å². The molecule has 0 saturated carbocycles. The van der Waals surface area contributed by atoms with Crippen LogP contribution in [0.3, 0.4) is 0 Å². The minimum atomic E-state index is 0.0636. The van der Waals surface area contributed by atoms with Crippen LogP contribution in [0.4, 0.5) is 0 Å². The van der Waals surface area contributed by atoms with Crippen molar-refractivity contribution in [2.45, 2.75) is 18.6 Å². The molecule has 1 aliphatic heterocycles. The van der Waals surface area contributed by atoms with Crippen molar-refractivity contribution in [3.8, 4) is 0 Å². The van der Waals surface area contributed by atoms with E-state index in [1.807, 2.05) is 12.1 Å². The van der Waals surface area contributed by atoms with E-state index in [1.54, 1.807) is 0 Å². The van der Waals surface area contributed by atoms with Crippen molar-refractivity contribution in [1.82, 2.24) is 10.9 Å². The largest absolute Gasteiger partial charge is 0.315 e. The fraction of sp³-hybridized carbons (Fsp3) is 0.333. The molecule has 0 bridgehead atoms. The van der Waals surface area contributed by atoms with E-state index in [1.165, 1.54) is 5.56 Å². The Hall–Kier alpha value is -0.420. The maximum atomic E-state index is 5.71. The fourth-order valence-electron chi connectivity index (χ4n) is 1.49. The number of hydrogen-bond acceptors (Lipinski definition) is 3. The van der Waals surface area contributed by atoms with Crippen LogP contribution in [0.15, 0.2) is 28.7 Å². The van der Waals surface area contributed by atoms with Gasteiger partial charge in [0.2, 0.25) is 0 Å². The summed E-state index contributed by atoms with van der Waals surface area (Å²) < 4.78 is 1.10. The summed E-state index contributed by atoms with van der Waals surface area (Å²) in [7, 11) is 0. The zero-order valence-electron chi connectivity index (χ0n) is 7.13. The number of rotatable bonds is 1.